The van der Waals surface area contributed by atoms with E-state index in [-0.39, 0.29) is 5.79 Å². The SMILES string of the molecule is CCC1(OC)CCC(C)CO1. The highest BCUT2D eigenvalue weighted by Crippen LogP contribution is 2.30. The van der Waals surface area contributed by atoms with Crippen molar-refractivity contribution in [2.75, 3.05) is 13.7 Å². The number of ether oxygens (including phenoxy) is 2. The molecule has 0 amide bonds. The van der Waals surface area contributed by atoms with Crippen molar-refractivity contribution in [2.45, 2.75) is 38.9 Å². The topological polar surface area (TPSA) is 18.5 Å². The van der Waals surface area contributed by atoms with Gasteiger partial charge in [0, 0.05) is 13.5 Å². The van der Waals surface area contributed by atoms with Crippen LogP contribution in [0.4, 0.5) is 0 Å². The molecule has 0 N–H and O–H groups in total. The summed E-state index contributed by atoms with van der Waals surface area (Å²) in [5, 5.41) is 0. The van der Waals surface area contributed by atoms with Crippen molar-refractivity contribution in [3.05, 3.63) is 0 Å². The van der Waals surface area contributed by atoms with Crippen LogP contribution in [-0.4, -0.2) is 19.5 Å². The summed E-state index contributed by atoms with van der Waals surface area (Å²) in [5.41, 5.74) is 0. The minimum atomic E-state index is -0.257. The minimum Gasteiger partial charge on any atom is -0.353 e. The van der Waals surface area contributed by atoms with Crippen LogP contribution < -0.4 is 0 Å². The molecule has 0 spiro atoms. The summed E-state index contributed by atoms with van der Waals surface area (Å²) in [4.78, 5) is 0. The van der Waals surface area contributed by atoms with Crippen molar-refractivity contribution in [3.8, 4) is 0 Å². The molecule has 0 radical (unpaired) electrons. The molecule has 1 aliphatic rings. The monoisotopic (exact) mass is 158 g/mol. The predicted octanol–water partition coefficient (Wildman–Crippen LogP) is 2.19. The standard InChI is InChI=1S/C9H18O2/c1-4-9(10-3)6-5-8(2)7-11-9/h8H,4-7H2,1-3H3. The summed E-state index contributed by atoms with van der Waals surface area (Å²) >= 11 is 0. The molecule has 2 heteroatoms. The van der Waals surface area contributed by atoms with Gasteiger partial charge in [-0.1, -0.05) is 13.8 Å². The zero-order valence-electron chi connectivity index (χ0n) is 7.72. The maximum Gasteiger partial charge on any atom is 0.167 e. The molecule has 1 aliphatic heterocycles. The van der Waals surface area contributed by atoms with Crippen molar-refractivity contribution in [2.24, 2.45) is 5.92 Å². The zero-order chi connectivity index (χ0) is 8.32. The van der Waals surface area contributed by atoms with Crippen LogP contribution in [0.3, 0.4) is 0 Å². The average Bonchev–Trinajstić information content (AvgIpc) is 2.07. The van der Waals surface area contributed by atoms with Crippen molar-refractivity contribution in [1.82, 2.24) is 0 Å². The van der Waals surface area contributed by atoms with Crippen LogP contribution in [0.15, 0.2) is 0 Å². The molecule has 2 nitrogen and oxygen atoms in total. The molecular formula is C9H18O2. The fourth-order valence-corrected chi connectivity index (χ4v) is 1.50. The van der Waals surface area contributed by atoms with Gasteiger partial charge in [0.15, 0.2) is 5.79 Å². The summed E-state index contributed by atoms with van der Waals surface area (Å²) in [6.45, 7) is 5.18. The smallest absolute Gasteiger partial charge is 0.167 e. The Bertz CT molecular complexity index is 109. The Morgan fingerprint density at radius 1 is 1.64 bits per heavy atom. The molecule has 11 heavy (non-hydrogen) atoms. The predicted molar refractivity (Wildman–Crippen MR) is 44.4 cm³/mol. The molecule has 0 aliphatic carbocycles. The lowest BCUT2D eigenvalue weighted by Gasteiger charge is -2.37. The van der Waals surface area contributed by atoms with Crippen molar-refractivity contribution >= 4 is 0 Å². The van der Waals surface area contributed by atoms with Crippen LogP contribution in [0.5, 0.6) is 0 Å². The molecule has 2 atom stereocenters. The first-order valence-electron chi connectivity index (χ1n) is 4.41. The fraction of sp³-hybridized carbons (Fsp3) is 1.00. The van der Waals surface area contributed by atoms with Gasteiger partial charge in [-0.25, -0.2) is 0 Å². The third kappa shape index (κ3) is 1.94. The van der Waals surface area contributed by atoms with E-state index in [2.05, 4.69) is 13.8 Å². The van der Waals surface area contributed by atoms with Crippen LogP contribution in [0.1, 0.15) is 33.1 Å². The van der Waals surface area contributed by atoms with E-state index in [0.717, 1.165) is 19.4 Å². The van der Waals surface area contributed by atoms with Crippen LogP contribution in [0.2, 0.25) is 0 Å². The van der Waals surface area contributed by atoms with E-state index in [1.807, 2.05) is 0 Å². The van der Waals surface area contributed by atoms with Gasteiger partial charge in [0.25, 0.3) is 0 Å². The van der Waals surface area contributed by atoms with E-state index in [4.69, 9.17) is 9.47 Å². The summed E-state index contributed by atoms with van der Waals surface area (Å²) in [6.07, 6.45) is 3.22. The van der Waals surface area contributed by atoms with E-state index in [1.165, 1.54) is 6.42 Å². The van der Waals surface area contributed by atoms with Crippen molar-refractivity contribution in [1.29, 1.82) is 0 Å². The van der Waals surface area contributed by atoms with Crippen molar-refractivity contribution in [3.63, 3.8) is 0 Å². The molecule has 1 saturated heterocycles. The number of hydrogen-bond acceptors (Lipinski definition) is 2. The van der Waals surface area contributed by atoms with Crippen LogP contribution in [-0.2, 0) is 9.47 Å². The first-order valence-corrected chi connectivity index (χ1v) is 4.41. The Balaban J connectivity index is 2.45. The molecule has 0 aromatic heterocycles. The molecule has 0 aromatic carbocycles. The number of rotatable bonds is 2. The van der Waals surface area contributed by atoms with E-state index in [0.29, 0.717) is 5.92 Å². The molecule has 1 rings (SSSR count). The van der Waals surface area contributed by atoms with Gasteiger partial charge in [0.2, 0.25) is 0 Å². The lowest BCUT2D eigenvalue weighted by atomic mass is 9.96. The first-order chi connectivity index (χ1) is 5.22. The second kappa shape index (κ2) is 3.55. The lowest BCUT2D eigenvalue weighted by molar-refractivity contribution is -0.252. The average molecular weight is 158 g/mol. The van der Waals surface area contributed by atoms with Crippen molar-refractivity contribution < 1.29 is 9.47 Å². The summed E-state index contributed by atoms with van der Waals surface area (Å²) in [5.74, 6) is 0.441. The summed E-state index contributed by atoms with van der Waals surface area (Å²) in [6, 6.07) is 0. The Kier molecular flexibility index (Phi) is 2.90. The highest BCUT2D eigenvalue weighted by Gasteiger charge is 2.33. The Hall–Kier alpha value is -0.0800. The van der Waals surface area contributed by atoms with E-state index in [9.17, 15) is 0 Å². The van der Waals surface area contributed by atoms with Gasteiger partial charge < -0.3 is 9.47 Å². The third-order valence-electron chi connectivity index (χ3n) is 2.56. The maximum atomic E-state index is 5.65. The van der Waals surface area contributed by atoms with Gasteiger partial charge >= 0.3 is 0 Å². The Morgan fingerprint density at radius 2 is 2.36 bits per heavy atom. The van der Waals surface area contributed by atoms with E-state index >= 15 is 0 Å². The highest BCUT2D eigenvalue weighted by atomic mass is 16.7. The second-order valence-electron chi connectivity index (χ2n) is 3.42. The van der Waals surface area contributed by atoms with Crippen LogP contribution in [0, 0.1) is 5.92 Å². The molecule has 0 bridgehead atoms. The molecule has 2 unspecified atom stereocenters. The molecule has 66 valence electrons. The molecule has 0 aromatic rings. The number of hydrogen-bond donors (Lipinski definition) is 0. The number of methoxy groups -OCH3 is 1. The van der Waals surface area contributed by atoms with Gasteiger partial charge in [-0.3, -0.25) is 0 Å². The third-order valence-corrected chi connectivity index (χ3v) is 2.56. The summed E-state index contributed by atoms with van der Waals surface area (Å²) < 4.78 is 11.0. The second-order valence-corrected chi connectivity index (χ2v) is 3.42. The van der Waals surface area contributed by atoms with Gasteiger partial charge in [-0.15, -0.1) is 0 Å². The van der Waals surface area contributed by atoms with Gasteiger partial charge in [-0.2, -0.15) is 0 Å². The molecule has 0 saturated carbocycles. The highest BCUT2D eigenvalue weighted by molar-refractivity contribution is 4.74. The quantitative estimate of drug-likeness (QED) is 0.613. The van der Waals surface area contributed by atoms with Gasteiger partial charge in [-0.05, 0) is 18.8 Å². The molecule has 1 fully saturated rings. The Morgan fingerprint density at radius 3 is 2.73 bits per heavy atom. The van der Waals surface area contributed by atoms with Crippen LogP contribution in [0.25, 0.3) is 0 Å². The fourth-order valence-electron chi connectivity index (χ4n) is 1.50. The largest absolute Gasteiger partial charge is 0.353 e. The van der Waals surface area contributed by atoms with Crippen LogP contribution >= 0.6 is 0 Å². The van der Waals surface area contributed by atoms with Gasteiger partial charge in [0.05, 0.1) is 6.61 Å². The molecule has 1 heterocycles. The first kappa shape index (κ1) is 9.01. The maximum absolute atomic E-state index is 5.65. The minimum absolute atomic E-state index is 0.257. The summed E-state index contributed by atoms with van der Waals surface area (Å²) in [7, 11) is 1.74. The Labute approximate surface area is 68.9 Å². The van der Waals surface area contributed by atoms with E-state index < -0.39 is 0 Å². The van der Waals surface area contributed by atoms with Gasteiger partial charge in [0.1, 0.15) is 0 Å². The van der Waals surface area contributed by atoms with E-state index in [1.54, 1.807) is 7.11 Å². The lowest BCUT2D eigenvalue weighted by Crippen LogP contribution is -2.39. The molecular weight excluding hydrogens is 140 g/mol. The zero-order valence-corrected chi connectivity index (χ0v) is 7.72. The normalized spacial score (nSPS) is 39.0.